The van der Waals surface area contributed by atoms with Crippen molar-refractivity contribution in [2.45, 2.75) is 38.6 Å². The molecule has 2 N–H and O–H groups in total. The third-order valence-corrected chi connectivity index (χ3v) is 3.98. The minimum Gasteiger partial charge on any atom is -0.354 e. The van der Waals surface area contributed by atoms with Crippen molar-refractivity contribution in [1.29, 1.82) is 0 Å². The van der Waals surface area contributed by atoms with Gasteiger partial charge in [0.2, 0.25) is 0 Å². The predicted octanol–water partition coefficient (Wildman–Crippen LogP) is 1.76. The number of hydrogen-bond donors (Lipinski definition) is 1. The monoisotopic (exact) mass is 236 g/mol. The molecule has 1 aromatic rings. The highest BCUT2D eigenvalue weighted by Gasteiger charge is 2.28. The number of nitrogens with zero attached hydrogens (tertiary/aromatic N) is 3. The molecule has 2 atom stereocenters. The number of aryl methyl sites for hydroxylation is 1. The lowest BCUT2D eigenvalue weighted by Crippen LogP contribution is -2.43. The average molecular weight is 236 g/mol. The first-order chi connectivity index (χ1) is 8.27. The van der Waals surface area contributed by atoms with Crippen molar-refractivity contribution in [2.75, 3.05) is 18.0 Å². The van der Waals surface area contributed by atoms with E-state index in [4.69, 9.17) is 5.73 Å². The molecule has 2 heterocycles. The molecule has 17 heavy (non-hydrogen) atoms. The standard InChI is InChI=1S/C13H24N4/c1-3-12-11(10-14)6-4-5-9-17(12)13-7-8-15-16(13)2/h7-8,11-12H,3-6,9-10,14H2,1-2H3/t11-,12-/m1/s1. The summed E-state index contributed by atoms with van der Waals surface area (Å²) >= 11 is 0. The summed E-state index contributed by atoms with van der Waals surface area (Å²) in [5.41, 5.74) is 5.94. The lowest BCUT2D eigenvalue weighted by atomic mass is 9.93. The molecule has 1 fully saturated rings. The third-order valence-electron chi connectivity index (χ3n) is 3.98. The van der Waals surface area contributed by atoms with E-state index in [2.05, 4.69) is 23.0 Å². The maximum absolute atomic E-state index is 5.94. The third kappa shape index (κ3) is 2.46. The summed E-state index contributed by atoms with van der Waals surface area (Å²) in [6.45, 7) is 4.20. The summed E-state index contributed by atoms with van der Waals surface area (Å²) in [4.78, 5) is 2.51. The van der Waals surface area contributed by atoms with Crippen LogP contribution in [0, 0.1) is 5.92 Å². The van der Waals surface area contributed by atoms with E-state index >= 15 is 0 Å². The lowest BCUT2D eigenvalue weighted by Gasteiger charge is -2.35. The highest BCUT2D eigenvalue weighted by molar-refractivity contribution is 5.40. The van der Waals surface area contributed by atoms with Crippen LogP contribution >= 0.6 is 0 Å². The maximum atomic E-state index is 5.94. The zero-order chi connectivity index (χ0) is 12.3. The SMILES string of the molecule is CC[C@@H]1[C@@H](CN)CCCCN1c1ccnn1C. The molecule has 4 nitrogen and oxygen atoms in total. The molecule has 2 rings (SSSR count). The highest BCUT2D eigenvalue weighted by atomic mass is 15.4. The van der Waals surface area contributed by atoms with Crippen LogP contribution in [0.5, 0.6) is 0 Å². The van der Waals surface area contributed by atoms with Gasteiger partial charge in [-0.2, -0.15) is 5.10 Å². The molecule has 0 saturated carbocycles. The predicted molar refractivity (Wildman–Crippen MR) is 71.0 cm³/mol. The largest absolute Gasteiger partial charge is 0.354 e. The van der Waals surface area contributed by atoms with Crippen LogP contribution < -0.4 is 10.6 Å². The highest BCUT2D eigenvalue weighted by Crippen LogP contribution is 2.28. The van der Waals surface area contributed by atoms with Crippen LogP contribution in [0.4, 0.5) is 5.82 Å². The van der Waals surface area contributed by atoms with E-state index in [1.165, 1.54) is 25.1 Å². The van der Waals surface area contributed by atoms with Gasteiger partial charge in [0, 0.05) is 25.7 Å². The Morgan fingerprint density at radius 1 is 1.47 bits per heavy atom. The molecule has 0 unspecified atom stereocenters. The first-order valence-electron chi connectivity index (χ1n) is 6.72. The Hall–Kier alpha value is -1.03. The summed E-state index contributed by atoms with van der Waals surface area (Å²) in [7, 11) is 2.02. The van der Waals surface area contributed by atoms with Gasteiger partial charge >= 0.3 is 0 Å². The molecule has 1 aliphatic rings. The van der Waals surface area contributed by atoms with Crippen molar-refractivity contribution >= 4 is 5.82 Å². The Kier molecular flexibility index (Phi) is 4.05. The summed E-state index contributed by atoms with van der Waals surface area (Å²) < 4.78 is 1.97. The zero-order valence-electron chi connectivity index (χ0n) is 11.0. The summed E-state index contributed by atoms with van der Waals surface area (Å²) in [5, 5.41) is 4.29. The van der Waals surface area contributed by atoms with Crippen molar-refractivity contribution in [1.82, 2.24) is 9.78 Å². The van der Waals surface area contributed by atoms with E-state index in [1.54, 1.807) is 0 Å². The van der Waals surface area contributed by atoms with Crippen LogP contribution in [0.2, 0.25) is 0 Å². The van der Waals surface area contributed by atoms with Gasteiger partial charge in [0.1, 0.15) is 5.82 Å². The fourth-order valence-corrected chi connectivity index (χ4v) is 3.06. The first kappa shape index (κ1) is 12.4. The minimum atomic E-state index is 0.567. The Labute approximate surface area is 104 Å². The fourth-order valence-electron chi connectivity index (χ4n) is 3.06. The second-order valence-electron chi connectivity index (χ2n) is 4.97. The van der Waals surface area contributed by atoms with Crippen molar-refractivity contribution in [2.24, 2.45) is 18.7 Å². The topological polar surface area (TPSA) is 47.1 Å². The van der Waals surface area contributed by atoms with E-state index in [-0.39, 0.29) is 0 Å². The van der Waals surface area contributed by atoms with E-state index in [9.17, 15) is 0 Å². The molecule has 1 aliphatic heterocycles. The van der Waals surface area contributed by atoms with Gasteiger partial charge < -0.3 is 10.6 Å². The number of rotatable bonds is 3. The molecule has 0 amide bonds. The van der Waals surface area contributed by atoms with E-state index < -0.39 is 0 Å². The van der Waals surface area contributed by atoms with Gasteiger partial charge in [-0.1, -0.05) is 13.3 Å². The summed E-state index contributed by atoms with van der Waals surface area (Å²) in [6.07, 6.45) is 6.87. The summed E-state index contributed by atoms with van der Waals surface area (Å²) in [6, 6.07) is 2.68. The Balaban J connectivity index is 2.26. The van der Waals surface area contributed by atoms with Gasteiger partial charge in [0.05, 0.1) is 6.20 Å². The normalized spacial score (nSPS) is 25.9. The summed E-state index contributed by atoms with van der Waals surface area (Å²) in [5.74, 6) is 1.86. The molecule has 96 valence electrons. The molecular formula is C13H24N4. The molecule has 1 aromatic heterocycles. The van der Waals surface area contributed by atoms with Gasteiger partial charge in [-0.05, 0) is 31.7 Å². The van der Waals surface area contributed by atoms with Crippen LogP contribution in [-0.2, 0) is 7.05 Å². The van der Waals surface area contributed by atoms with Crippen LogP contribution in [-0.4, -0.2) is 28.9 Å². The van der Waals surface area contributed by atoms with Crippen LogP contribution in [0.3, 0.4) is 0 Å². The smallest absolute Gasteiger partial charge is 0.126 e. The molecule has 1 saturated heterocycles. The number of hydrogen-bond acceptors (Lipinski definition) is 3. The number of anilines is 1. The molecule has 0 spiro atoms. The molecule has 4 heteroatoms. The number of aromatic nitrogens is 2. The first-order valence-corrected chi connectivity index (χ1v) is 6.72. The van der Waals surface area contributed by atoms with Crippen molar-refractivity contribution < 1.29 is 0 Å². The molecule has 0 radical (unpaired) electrons. The van der Waals surface area contributed by atoms with Crippen LogP contribution in [0.15, 0.2) is 12.3 Å². The molecule has 0 aromatic carbocycles. The second-order valence-corrected chi connectivity index (χ2v) is 4.97. The molecular weight excluding hydrogens is 212 g/mol. The fraction of sp³-hybridized carbons (Fsp3) is 0.769. The van der Waals surface area contributed by atoms with E-state index in [0.717, 1.165) is 19.5 Å². The quantitative estimate of drug-likeness (QED) is 0.870. The molecule has 0 aliphatic carbocycles. The van der Waals surface area contributed by atoms with E-state index in [0.29, 0.717) is 12.0 Å². The van der Waals surface area contributed by atoms with E-state index in [1.807, 2.05) is 17.9 Å². The number of nitrogens with two attached hydrogens (primary N) is 1. The average Bonchev–Trinajstić information content (AvgIpc) is 2.65. The maximum Gasteiger partial charge on any atom is 0.126 e. The Morgan fingerprint density at radius 3 is 2.88 bits per heavy atom. The van der Waals surface area contributed by atoms with Gasteiger partial charge in [-0.15, -0.1) is 0 Å². The minimum absolute atomic E-state index is 0.567. The Bertz CT molecular complexity index is 347. The van der Waals surface area contributed by atoms with Gasteiger partial charge in [-0.25, -0.2) is 0 Å². The van der Waals surface area contributed by atoms with Crippen molar-refractivity contribution in [3.8, 4) is 0 Å². The second kappa shape index (κ2) is 5.54. The zero-order valence-corrected chi connectivity index (χ0v) is 11.0. The van der Waals surface area contributed by atoms with Crippen LogP contribution in [0.25, 0.3) is 0 Å². The van der Waals surface area contributed by atoms with Crippen LogP contribution in [0.1, 0.15) is 32.6 Å². The molecule has 0 bridgehead atoms. The van der Waals surface area contributed by atoms with Gasteiger partial charge in [0.15, 0.2) is 0 Å². The van der Waals surface area contributed by atoms with Gasteiger partial charge in [-0.3, -0.25) is 4.68 Å². The Morgan fingerprint density at radius 2 is 2.29 bits per heavy atom. The van der Waals surface area contributed by atoms with Crippen molar-refractivity contribution in [3.05, 3.63) is 12.3 Å². The van der Waals surface area contributed by atoms with Crippen molar-refractivity contribution in [3.63, 3.8) is 0 Å². The van der Waals surface area contributed by atoms with Gasteiger partial charge in [0.25, 0.3) is 0 Å². The lowest BCUT2D eigenvalue weighted by molar-refractivity contribution is 0.389.